The molecule has 1 amide bonds. The Morgan fingerprint density at radius 3 is 2.03 bits per heavy atom. The highest BCUT2D eigenvalue weighted by molar-refractivity contribution is 5.68. The van der Waals surface area contributed by atoms with Crippen LogP contribution in [0.3, 0.4) is 0 Å². The Balaban J connectivity index is 1.54. The largest absolute Gasteiger partial charge is 0.444 e. The minimum atomic E-state index is -0.691. The number of benzene rings is 2. The third-order valence-electron chi connectivity index (χ3n) is 5.62. The molecule has 3 rings (SSSR count). The van der Waals surface area contributed by atoms with Crippen LogP contribution in [0.4, 0.5) is 4.79 Å². The van der Waals surface area contributed by atoms with Crippen LogP contribution in [-0.2, 0) is 17.7 Å². The maximum atomic E-state index is 12.4. The second kappa shape index (κ2) is 11.5. The summed E-state index contributed by atoms with van der Waals surface area (Å²) in [4.78, 5) is 17.1. The highest BCUT2D eigenvalue weighted by atomic mass is 16.6. The second-order valence-electron chi connectivity index (χ2n) is 9.57. The van der Waals surface area contributed by atoms with Gasteiger partial charge in [0, 0.05) is 39.3 Å². The first-order chi connectivity index (χ1) is 15.3. The Morgan fingerprint density at radius 2 is 1.47 bits per heavy atom. The summed E-state index contributed by atoms with van der Waals surface area (Å²) in [6, 6.07) is 20.0. The molecule has 0 radical (unpaired) electrons. The Bertz CT molecular complexity index is 815. The highest BCUT2D eigenvalue weighted by Gasteiger charge is 2.27. The van der Waals surface area contributed by atoms with Gasteiger partial charge in [-0.05, 0) is 38.3 Å². The molecule has 0 aliphatic carbocycles. The topological polar surface area (TPSA) is 65.0 Å². The Morgan fingerprint density at radius 1 is 0.938 bits per heavy atom. The number of nitrogens with zero attached hydrogens (tertiary/aromatic N) is 2. The van der Waals surface area contributed by atoms with Crippen molar-refractivity contribution in [3.63, 3.8) is 0 Å². The third kappa shape index (κ3) is 8.26. The summed E-state index contributed by atoms with van der Waals surface area (Å²) in [5.74, 6) is 0. The zero-order valence-electron chi connectivity index (χ0n) is 19.5. The van der Waals surface area contributed by atoms with Crippen molar-refractivity contribution in [2.45, 2.75) is 51.5 Å². The van der Waals surface area contributed by atoms with E-state index in [1.165, 1.54) is 5.56 Å². The number of hydrogen-bond acceptors (Lipinski definition) is 5. The van der Waals surface area contributed by atoms with Gasteiger partial charge in [0.1, 0.15) is 5.60 Å². The molecule has 1 fully saturated rings. The molecule has 1 saturated heterocycles. The molecule has 1 aliphatic heterocycles. The number of amides is 1. The van der Waals surface area contributed by atoms with Gasteiger partial charge in [0.15, 0.2) is 0 Å². The number of aliphatic hydroxyl groups is 1. The monoisotopic (exact) mass is 439 g/mol. The molecule has 0 aromatic heterocycles. The molecule has 174 valence electrons. The van der Waals surface area contributed by atoms with Crippen LogP contribution in [-0.4, -0.2) is 71.5 Å². The van der Waals surface area contributed by atoms with E-state index in [0.717, 1.165) is 38.3 Å². The fraction of sp³-hybridized carbons (Fsp3) is 0.500. The van der Waals surface area contributed by atoms with Crippen LogP contribution < -0.4 is 5.32 Å². The molecule has 6 nitrogen and oxygen atoms in total. The first-order valence-corrected chi connectivity index (χ1v) is 11.5. The van der Waals surface area contributed by atoms with Crippen molar-refractivity contribution in [2.24, 2.45) is 0 Å². The normalized spacial score (nSPS) is 17.5. The van der Waals surface area contributed by atoms with E-state index in [2.05, 4.69) is 39.4 Å². The molecule has 2 N–H and O–H groups in total. The number of β-amino-alcohol motifs (C(OH)–C–C–N with tert-alkyl or cyclic N) is 1. The lowest BCUT2D eigenvalue weighted by Crippen LogP contribution is -2.53. The quantitative estimate of drug-likeness (QED) is 0.661. The van der Waals surface area contributed by atoms with E-state index >= 15 is 0 Å². The molecule has 2 aromatic carbocycles. The van der Waals surface area contributed by atoms with Gasteiger partial charge in [-0.25, -0.2) is 4.79 Å². The van der Waals surface area contributed by atoms with Crippen LogP contribution >= 0.6 is 0 Å². The van der Waals surface area contributed by atoms with Gasteiger partial charge in [0.05, 0.1) is 12.1 Å². The lowest BCUT2D eigenvalue weighted by atomic mass is 10.0. The van der Waals surface area contributed by atoms with Crippen molar-refractivity contribution in [3.05, 3.63) is 71.8 Å². The zero-order chi connectivity index (χ0) is 23.0. The van der Waals surface area contributed by atoms with Crippen LogP contribution in [0.15, 0.2) is 60.7 Å². The molecule has 1 aliphatic rings. The maximum Gasteiger partial charge on any atom is 0.407 e. The van der Waals surface area contributed by atoms with Crippen molar-refractivity contribution in [1.29, 1.82) is 0 Å². The highest BCUT2D eigenvalue weighted by Crippen LogP contribution is 2.13. The number of piperazine rings is 1. The Kier molecular flexibility index (Phi) is 8.67. The molecule has 1 heterocycles. The van der Waals surface area contributed by atoms with E-state index in [0.29, 0.717) is 13.0 Å². The second-order valence-corrected chi connectivity index (χ2v) is 9.57. The van der Waals surface area contributed by atoms with Crippen molar-refractivity contribution < 1.29 is 14.6 Å². The van der Waals surface area contributed by atoms with Gasteiger partial charge in [-0.2, -0.15) is 0 Å². The number of ether oxygens (including phenoxy) is 1. The SMILES string of the molecule is CC(C)(C)OC(=O)N[C@@H](Cc1ccccc1)[C@H](O)CN1CCN(Cc2ccccc2)CC1. The standard InChI is InChI=1S/C26H37N3O3/c1-26(2,3)32-25(31)27-23(18-21-10-6-4-7-11-21)24(30)20-29-16-14-28(15-17-29)19-22-12-8-5-9-13-22/h4-13,23-24,30H,14-20H2,1-3H3,(H,27,31)/t23-,24+/m0/s1. The minimum Gasteiger partial charge on any atom is -0.444 e. The summed E-state index contributed by atoms with van der Waals surface area (Å²) in [6.07, 6.45) is -0.636. The van der Waals surface area contributed by atoms with Crippen LogP contribution in [0.5, 0.6) is 0 Å². The maximum absolute atomic E-state index is 12.4. The van der Waals surface area contributed by atoms with Crippen molar-refractivity contribution in [2.75, 3.05) is 32.7 Å². The van der Waals surface area contributed by atoms with Crippen LogP contribution in [0, 0.1) is 0 Å². The number of aliphatic hydroxyl groups excluding tert-OH is 1. The first kappa shape index (κ1) is 24.2. The minimum absolute atomic E-state index is 0.422. The number of alkyl carbamates (subject to hydrolysis) is 1. The Labute approximate surface area is 192 Å². The van der Waals surface area contributed by atoms with Gasteiger partial charge in [-0.1, -0.05) is 60.7 Å². The summed E-state index contributed by atoms with van der Waals surface area (Å²) in [6.45, 7) is 10.7. The molecule has 6 heteroatoms. The third-order valence-corrected chi connectivity index (χ3v) is 5.62. The van der Waals surface area contributed by atoms with Crippen molar-refractivity contribution in [3.8, 4) is 0 Å². The molecule has 0 unspecified atom stereocenters. The van der Waals surface area contributed by atoms with Gasteiger partial charge >= 0.3 is 6.09 Å². The van der Waals surface area contributed by atoms with Gasteiger partial charge in [0.25, 0.3) is 0 Å². The van der Waals surface area contributed by atoms with Gasteiger partial charge in [0.2, 0.25) is 0 Å². The summed E-state index contributed by atoms with van der Waals surface area (Å²) >= 11 is 0. The van der Waals surface area contributed by atoms with Crippen LogP contribution in [0.1, 0.15) is 31.9 Å². The van der Waals surface area contributed by atoms with E-state index in [-0.39, 0.29) is 0 Å². The number of hydrogen-bond donors (Lipinski definition) is 2. The molecule has 0 saturated carbocycles. The molecular formula is C26H37N3O3. The van der Waals surface area contributed by atoms with Gasteiger partial charge in [-0.15, -0.1) is 0 Å². The van der Waals surface area contributed by atoms with E-state index in [1.54, 1.807) is 0 Å². The molecular weight excluding hydrogens is 402 g/mol. The van der Waals surface area contributed by atoms with Crippen LogP contribution in [0.25, 0.3) is 0 Å². The van der Waals surface area contributed by atoms with Crippen molar-refractivity contribution >= 4 is 6.09 Å². The number of rotatable bonds is 8. The van der Waals surface area contributed by atoms with Crippen LogP contribution in [0.2, 0.25) is 0 Å². The molecule has 2 atom stereocenters. The molecule has 32 heavy (non-hydrogen) atoms. The molecule has 0 bridgehead atoms. The Hall–Kier alpha value is -2.41. The van der Waals surface area contributed by atoms with E-state index in [1.807, 2.05) is 57.2 Å². The van der Waals surface area contributed by atoms with Crippen molar-refractivity contribution in [1.82, 2.24) is 15.1 Å². The fourth-order valence-corrected chi connectivity index (χ4v) is 3.97. The fourth-order valence-electron chi connectivity index (χ4n) is 3.97. The van der Waals surface area contributed by atoms with E-state index in [9.17, 15) is 9.90 Å². The lowest BCUT2D eigenvalue weighted by Gasteiger charge is -2.37. The van der Waals surface area contributed by atoms with E-state index in [4.69, 9.17) is 4.74 Å². The van der Waals surface area contributed by atoms with E-state index < -0.39 is 23.8 Å². The average molecular weight is 440 g/mol. The number of carbonyl (C=O) groups is 1. The number of nitrogens with one attached hydrogen (secondary N) is 1. The average Bonchev–Trinajstić information content (AvgIpc) is 2.75. The first-order valence-electron chi connectivity index (χ1n) is 11.5. The zero-order valence-corrected chi connectivity index (χ0v) is 19.5. The summed E-state index contributed by atoms with van der Waals surface area (Å²) in [5, 5.41) is 13.9. The predicted molar refractivity (Wildman–Crippen MR) is 127 cm³/mol. The summed E-state index contributed by atoms with van der Waals surface area (Å²) in [7, 11) is 0. The van der Waals surface area contributed by atoms with Gasteiger partial charge < -0.3 is 15.2 Å². The summed E-state index contributed by atoms with van der Waals surface area (Å²) in [5.41, 5.74) is 1.81. The predicted octanol–water partition coefficient (Wildman–Crippen LogP) is 3.30. The smallest absolute Gasteiger partial charge is 0.407 e. The molecule has 0 spiro atoms. The number of carbonyl (C=O) groups excluding carboxylic acids is 1. The summed E-state index contributed by atoms with van der Waals surface area (Å²) < 4.78 is 5.44. The van der Waals surface area contributed by atoms with Gasteiger partial charge in [-0.3, -0.25) is 9.80 Å². The molecule has 2 aromatic rings. The lowest BCUT2D eigenvalue weighted by molar-refractivity contribution is 0.0299.